The molecule has 4 heteroatoms. The maximum Gasteiger partial charge on any atom is 0.0933 e. The second-order valence-corrected chi connectivity index (χ2v) is 6.28. The minimum Gasteiger partial charge on any atom is -0.297 e. The van der Waals surface area contributed by atoms with Crippen LogP contribution < -0.4 is 11.0 Å². The largest absolute Gasteiger partial charge is 0.297 e. The SMILES string of the molecule is c1ccc(CONC2CCCCC2NOCc2ccccc2)cc1. The van der Waals surface area contributed by atoms with E-state index in [1.807, 2.05) is 36.4 Å². The van der Waals surface area contributed by atoms with Gasteiger partial charge in [0.1, 0.15) is 0 Å². The predicted molar refractivity (Wildman–Crippen MR) is 94.8 cm³/mol. The Bertz CT molecular complexity index is 523. The van der Waals surface area contributed by atoms with Crippen LogP contribution in [-0.4, -0.2) is 12.1 Å². The maximum absolute atomic E-state index is 5.71. The van der Waals surface area contributed by atoms with Crippen LogP contribution in [0.5, 0.6) is 0 Å². The van der Waals surface area contributed by atoms with E-state index in [1.54, 1.807) is 0 Å². The molecule has 0 aliphatic heterocycles. The van der Waals surface area contributed by atoms with Crippen molar-refractivity contribution in [3.8, 4) is 0 Å². The number of hydrogen-bond donors (Lipinski definition) is 2. The molecule has 2 aromatic rings. The van der Waals surface area contributed by atoms with Gasteiger partial charge in [-0.25, -0.2) is 0 Å². The van der Waals surface area contributed by atoms with Crippen molar-refractivity contribution in [1.82, 2.24) is 11.0 Å². The lowest BCUT2D eigenvalue weighted by atomic mass is 9.91. The Morgan fingerprint density at radius 1 is 0.667 bits per heavy atom. The summed E-state index contributed by atoms with van der Waals surface area (Å²) < 4.78 is 0. The van der Waals surface area contributed by atoms with Gasteiger partial charge in [0, 0.05) is 12.1 Å². The van der Waals surface area contributed by atoms with E-state index in [1.165, 1.54) is 24.0 Å². The standard InChI is InChI=1S/C20H26N2O2/c1-3-9-17(10-4-1)15-23-21-19-13-7-8-14-20(19)22-24-16-18-11-5-2-6-12-18/h1-6,9-12,19-22H,7-8,13-16H2. The van der Waals surface area contributed by atoms with Gasteiger partial charge in [-0.1, -0.05) is 73.5 Å². The van der Waals surface area contributed by atoms with Crippen molar-refractivity contribution in [3.63, 3.8) is 0 Å². The fourth-order valence-electron chi connectivity index (χ4n) is 3.03. The normalized spacial score (nSPS) is 20.8. The van der Waals surface area contributed by atoms with Gasteiger partial charge >= 0.3 is 0 Å². The molecule has 0 aromatic heterocycles. The summed E-state index contributed by atoms with van der Waals surface area (Å²) in [6, 6.07) is 21.0. The number of hydrogen-bond acceptors (Lipinski definition) is 4. The Morgan fingerprint density at radius 2 is 1.08 bits per heavy atom. The van der Waals surface area contributed by atoms with E-state index < -0.39 is 0 Å². The summed E-state index contributed by atoms with van der Waals surface area (Å²) in [7, 11) is 0. The molecule has 2 N–H and O–H groups in total. The summed E-state index contributed by atoms with van der Waals surface area (Å²) in [5, 5.41) is 0. The Hall–Kier alpha value is -1.72. The first-order valence-electron chi connectivity index (χ1n) is 8.74. The molecule has 1 fully saturated rings. The lowest BCUT2D eigenvalue weighted by Gasteiger charge is -2.32. The van der Waals surface area contributed by atoms with E-state index in [9.17, 15) is 0 Å². The molecular formula is C20H26N2O2. The summed E-state index contributed by atoms with van der Waals surface area (Å²) in [5.41, 5.74) is 8.80. The van der Waals surface area contributed by atoms with Crippen molar-refractivity contribution >= 4 is 0 Å². The van der Waals surface area contributed by atoms with Gasteiger partial charge < -0.3 is 0 Å². The third-order valence-electron chi connectivity index (χ3n) is 4.40. The summed E-state index contributed by atoms with van der Waals surface area (Å²) in [6.45, 7) is 1.16. The van der Waals surface area contributed by atoms with Gasteiger partial charge in [-0.15, -0.1) is 0 Å². The van der Waals surface area contributed by atoms with Gasteiger partial charge in [-0.05, 0) is 24.0 Å². The van der Waals surface area contributed by atoms with Crippen molar-refractivity contribution in [2.75, 3.05) is 0 Å². The van der Waals surface area contributed by atoms with Gasteiger partial charge in [-0.2, -0.15) is 11.0 Å². The zero-order valence-electron chi connectivity index (χ0n) is 14.0. The Morgan fingerprint density at radius 3 is 1.50 bits per heavy atom. The topological polar surface area (TPSA) is 42.5 Å². The maximum atomic E-state index is 5.71. The molecule has 2 unspecified atom stereocenters. The van der Waals surface area contributed by atoms with Crippen LogP contribution in [0.1, 0.15) is 36.8 Å². The molecule has 0 spiro atoms. The van der Waals surface area contributed by atoms with Gasteiger partial charge in [0.25, 0.3) is 0 Å². The highest BCUT2D eigenvalue weighted by atomic mass is 16.7. The van der Waals surface area contributed by atoms with Crippen molar-refractivity contribution in [2.24, 2.45) is 0 Å². The molecule has 0 bridgehead atoms. The van der Waals surface area contributed by atoms with Crippen LogP contribution in [0.3, 0.4) is 0 Å². The second kappa shape index (κ2) is 9.55. The minimum atomic E-state index is 0.276. The Labute approximate surface area is 144 Å². The van der Waals surface area contributed by atoms with Gasteiger partial charge in [0.05, 0.1) is 13.2 Å². The highest BCUT2D eigenvalue weighted by molar-refractivity contribution is 5.14. The zero-order chi connectivity index (χ0) is 16.5. The minimum absolute atomic E-state index is 0.276. The molecule has 0 heterocycles. The number of hydroxylamine groups is 2. The Kier molecular flexibility index (Phi) is 6.81. The summed E-state index contributed by atoms with van der Waals surface area (Å²) in [6.07, 6.45) is 4.65. The van der Waals surface area contributed by atoms with Crippen molar-refractivity contribution in [3.05, 3.63) is 71.8 Å². The number of nitrogens with one attached hydrogen (secondary N) is 2. The average Bonchev–Trinajstić information content (AvgIpc) is 2.65. The van der Waals surface area contributed by atoms with Crippen LogP contribution in [0, 0.1) is 0 Å². The van der Waals surface area contributed by atoms with E-state index >= 15 is 0 Å². The molecule has 4 nitrogen and oxygen atoms in total. The highest BCUT2D eigenvalue weighted by Crippen LogP contribution is 2.19. The first-order chi connectivity index (χ1) is 11.9. The summed E-state index contributed by atoms with van der Waals surface area (Å²) in [5.74, 6) is 0. The molecule has 2 aromatic carbocycles. The first-order valence-corrected chi connectivity index (χ1v) is 8.74. The first kappa shape index (κ1) is 17.1. The number of benzene rings is 2. The van der Waals surface area contributed by atoms with Crippen LogP contribution in [0.25, 0.3) is 0 Å². The fourth-order valence-corrected chi connectivity index (χ4v) is 3.03. The van der Waals surface area contributed by atoms with E-state index in [0.717, 1.165) is 12.8 Å². The van der Waals surface area contributed by atoms with Crippen LogP contribution in [-0.2, 0) is 22.9 Å². The van der Waals surface area contributed by atoms with E-state index in [-0.39, 0.29) is 12.1 Å². The molecule has 2 atom stereocenters. The van der Waals surface area contributed by atoms with Crippen LogP contribution in [0.15, 0.2) is 60.7 Å². The molecule has 0 radical (unpaired) electrons. The molecule has 3 rings (SSSR count). The van der Waals surface area contributed by atoms with Crippen molar-refractivity contribution in [1.29, 1.82) is 0 Å². The monoisotopic (exact) mass is 326 g/mol. The van der Waals surface area contributed by atoms with Crippen molar-refractivity contribution in [2.45, 2.75) is 51.0 Å². The van der Waals surface area contributed by atoms with Crippen LogP contribution >= 0.6 is 0 Å². The van der Waals surface area contributed by atoms with Gasteiger partial charge in [0.15, 0.2) is 0 Å². The van der Waals surface area contributed by atoms with E-state index in [0.29, 0.717) is 13.2 Å². The second-order valence-electron chi connectivity index (χ2n) is 6.28. The molecule has 1 aliphatic carbocycles. The van der Waals surface area contributed by atoms with Crippen molar-refractivity contribution < 1.29 is 9.68 Å². The lowest BCUT2D eigenvalue weighted by molar-refractivity contribution is -0.0567. The molecule has 128 valence electrons. The average molecular weight is 326 g/mol. The summed E-state index contributed by atoms with van der Waals surface area (Å²) in [4.78, 5) is 11.4. The van der Waals surface area contributed by atoms with E-state index in [4.69, 9.17) is 9.68 Å². The zero-order valence-corrected chi connectivity index (χ0v) is 14.0. The third-order valence-corrected chi connectivity index (χ3v) is 4.40. The van der Waals surface area contributed by atoms with Crippen LogP contribution in [0.4, 0.5) is 0 Å². The molecular weight excluding hydrogens is 300 g/mol. The lowest BCUT2D eigenvalue weighted by Crippen LogP contribution is -2.49. The highest BCUT2D eigenvalue weighted by Gasteiger charge is 2.25. The molecule has 0 amide bonds. The fraction of sp³-hybridized carbons (Fsp3) is 0.400. The molecule has 1 saturated carbocycles. The van der Waals surface area contributed by atoms with E-state index in [2.05, 4.69) is 35.2 Å². The molecule has 24 heavy (non-hydrogen) atoms. The third kappa shape index (κ3) is 5.42. The summed E-state index contributed by atoms with van der Waals surface area (Å²) >= 11 is 0. The quantitative estimate of drug-likeness (QED) is 0.725. The molecule has 0 saturated heterocycles. The van der Waals surface area contributed by atoms with Crippen LogP contribution in [0.2, 0.25) is 0 Å². The van der Waals surface area contributed by atoms with Gasteiger partial charge in [-0.3, -0.25) is 9.68 Å². The number of rotatable bonds is 8. The smallest absolute Gasteiger partial charge is 0.0933 e. The Balaban J connectivity index is 1.41. The predicted octanol–water partition coefficient (Wildman–Crippen LogP) is 3.74. The van der Waals surface area contributed by atoms with Gasteiger partial charge in [0.2, 0.25) is 0 Å². The molecule has 1 aliphatic rings.